The molecule has 18 heteroatoms. The lowest BCUT2D eigenvalue weighted by Crippen LogP contribution is -2.71. The second-order valence-corrected chi connectivity index (χ2v) is 6.63. The summed E-state index contributed by atoms with van der Waals surface area (Å²) in [5.41, 5.74) is -3.18. The van der Waals surface area contributed by atoms with Crippen molar-refractivity contribution < 1.29 is 79.8 Å². The number of hydrogen-bond acceptors (Lipinski definition) is 2. The first-order valence-electron chi connectivity index (χ1n) is 7.84. The van der Waals surface area contributed by atoms with Gasteiger partial charge in [-0.15, -0.1) is 0 Å². The SMILES string of the molecule is CCC(C)(F)C(=O)OCC(F)(F)C(F)(F)C(F)(F)C(F)(F)C(F)(F)C(F)(F)CC(F)(F)F. The lowest BCUT2D eigenvalue weighted by atomic mass is 9.90. The fourth-order valence-electron chi connectivity index (χ4n) is 1.76. The molecule has 0 N–H and O–H groups in total. The summed E-state index contributed by atoms with van der Waals surface area (Å²) in [7, 11) is 0. The molecule has 0 aliphatic heterocycles. The Bertz CT molecular complexity index is 679. The minimum atomic E-state index is -8.20. The maximum atomic E-state index is 13.5. The molecule has 0 saturated heterocycles. The molecule has 0 aromatic carbocycles. The van der Waals surface area contributed by atoms with Gasteiger partial charge >= 0.3 is 47.7 Å². The summed E-state index contributed by atoms with van der Waals surface area (Å²) in [6, 6.07) is 0. The third-order valence-electron chi connectivity index (χ3n) is 4.00. The smallest absolute Gasteiger partial charge is 0.395 e. The molecule has 0 amide bonds. The first-order valence-corrected chi connectivity index (χ1v) is 7.84. The minimum Gasteiger partial charge on any atom is -0.457 e. The van der Waals surface area contributed by atoms with E-state index in [9.17, 15) is 75.0 Å². The Morgan fingerprint density at radius 1 is 0.625 bits per heavy atom. The van der Waals surface area contributed by atoms with Crippen LogP contribution in [-0.4, -0.2) is 60.0 Å². The van der Waals surface area contributed by atoms with Crippen LogP contribution in [0, 0.1) is 0 Å². The van der Waals surface area contributed by atoms with Gasteiger partial charge in [-0.1, -0.05) is 6.92 Å². The molecule has 0 radical (unpaired) electrons. The Kier molecular flexibility index (Phi) is 7.86. The molecule has 0 bridgehead atoms. The van der Waals surface area contributed by atoms with Crippen molar-refractivity contribution in [3.63, 3.8) is 0 Å². The van der Waals surface area contributed by atoms with Gasteiger partial charge < -0.3 is 4.74 Å². The van der Waals surface area contributed by atoms with Gasteiger partial charge in [-0.2, -0.15) is 65.9 Å². The van der Waals surface area contributed by atoms with Gasteiger partial charge in [-0.25, -0.2) is 9.18 Å². The van der Waals surface area contributed by atoms with Gasteiger partial charge in [0, 0.05) is 0 Å². The quantitative estimate of drug-likeness (QED) is 0.247. The lowest BCUT2D eigenvalue weighted by Gasteiger charge is -2.41. The van der Waals surface area contributed by atoms with Crippen molar-refractivity contribution in [2.75, 3.05) is 6.61 Å². The van der Waals surface area contributed by atoms with Crippen LogP contribution < -0.4 is 0 Å². The van der Waals surface area contributed by atoms with Crippen molar-refractivity contribution in [2.24, 2.45) is 0 Å². The summed E-state index contributed by atoms with van der Waals surface area (Å²) in [6.07, 6.45) is -11.5. The number of halogens is 16. The van der Waals surface area contributed by atoms with E-state index in [1.165, 1.54) is 0 Å². The molecule has 0 fully saturated rings. The maximum absolute atomic E-state index is 13.5. The zero-order chi connectivity index (χ0) is 26.4. The Morgan fingerprint density at radius 3 is 1.28 bits per heavy atom. The van der Waals surface area contributed by atoms with Crippen LogP contribution in [0.2, 0.25) is 0 Å². The van der Waals surface area contributed by atoms with E-state index in [0.717, 1.165) is 6.92 Å². The summed E-state index contributed by atoms with van der Waals surface area (Å²) >= 11 is 0. The molecule has 192 valence electrons. The largest absolute Gasteiger partial charge is 0.457 e. The highest BCUT2D eigenvalue weighted by molar-refractivity contribution is 5.78. The van der Waals surface area contributed by atoms with Crippen LogP contribution in [0.1, 0.15) is 26.7 Å². The predicted molar refractivity (Wildman–Crippen MR) is 71.1 cm³/mol. The second-order valence-electron chi connectivity index (χ2n) is 6.63. The number of alkyl halides is 16. The van der Waals surface area contributed by atoms with Crippen molar-refractivity contribution in [1.29, 1.82) is 0 Å². The number of hydrogen-bond donors (Lipinski definition) is 0. The van der Waals surface area contributed by atoms with Gasteiger partial charge in [0.05, 0.1) is 0 Å². The van der Waals surface area contributed by atoms with E-state index in [2.05, 4.69) is 4.74 Å². The average molecular weight is 516 g/mol. The standard InChI is InChI=1S/C14H12F16O2/c1-3-7(2,15)6(31)32-5-9(18,19)12(25,26)14(29,30)13(27,28)11(23,24)8(16,17)4-10(20,21)22/h3-5H2,1-2H3. The van der Waals surface area contributed by atoms with E-state index in [1.54, 1.807) is 0 Å². The Morgan fingerprint density at radius 2 is 0.969 bits per heavy atom. The summed E-state index contributed by atoms with van der Waals surface area (Å²) in [5.74, 6) is -48.3. The number of rotatable bonds is 10. The molecule has 0 heterocycles. The molecule has 0 aliphatic carbocycles. The first-order chi connectivity index (χ1) is 13.6. The van der Waals surface area contributed by atoms with Gasteiger partial charge in [-0.3, -0.25) is 0 Å². The van der Waals surface area contributed by atoms with Crippen molar-refractivity contribution >= 4 is 5.97 Å². The molecular weight excluding hydrogens is 504 g/mol. The molecule has 0 aromatic rings. The molecule has 0 saturated carbocycles. The van der Waals surface area contributed by atoms with Gasteiger partial charge in [0.2, 0.25) is 5.67 Å². The van der Waals surface area contributed by atoms with Gasteiger partial charge in [0.1, 0.15) is 6.42 Å². The summed E-state index contributed by atoms with van der Waals surface area (Å²) < 4.78 is 213. The minimum absolute atomic E-state index is 0.331. The Labute approximate surface area is 167 Å². The van der Waals surface area contributed by atoms with E-state index >= 15 is 0 Å². The van der Waals surface area contributed by atoms with E-state index < -0.39 is 72.8 Å². The molecule has 0 aliphatic rings. The van der Waals surface area contributed by atoms with Crippen LogP contribution >= 0.6 is 0 Å². The van der Waals surface area contributed by atoms with Crippen LogP contribution in [-0.2, 0) is 9.53 Å². The van der Waals surface area contributed by atoms with E-state index in [0.29, 0.717) is 6.92 Å². The fraction of sp³-hybridized carbons (Fsp3) is 0.929. The Hall–Kier alpha value is -1.65. The lowest BCUT2D eigenvalue weighted by molar-refractivity contribution is -0.430. The van der Waals surface area contributed by atoms with Gasteiger partial charge in [0.25, 0.3) is 0 Å². The first kappa shape index (κ1) is 30.3. The summed E-state index contributed by atoms with van der Waals surface area (Å²) in [4.78, 5) is 11.1. The van der Waals surface area contributed by atoms with Crippen LogP contribution in [0.4, 0.5) is 70.2 Å². The number of ether oxygens (including phenoxy) is 1. The third-order valence-corrected chi connectivity index (χ3v) is 4.00. The van der Waals surface area contributed by atoms with E-state index in [-0.39, 0.29) is 0 Å². The molecule has 1 unspecified atom stereocenters. The number of carbonyl (C=O) groups excluding carboxylic acids is 1. The molecule has 0 spiro atoms. The second kappa shape index (κ2) is 8.29. The number of esters is 1. The predicted octanol–water partition coefficient (Wildman–Crippen LogP) is 6.43. The highest BCUT2D eigenvalue weighted by atomic mass is 19.4. The highest BCUT2D eigenvalue weighted by Crippen LogP contribution is 2.61. The molecule has 1 atom stereocenters. The molecule has 0 rings (SSSR count). The zero-order valence-electron chi connectivity index (χ0n) is 15.5. The third kappa shape index (κ3) is 5.12. The zero-order valence-corrected chi connectivity index (χ0v) is 15.5. The van der Waals surface area contributed by atoms with Crippen LogP contribution in [0.3, 0.4) is 0 Å². The fourth-order valence-corrected chi connectivity index (χ4v) is 1.76. The summed E-state index contributed by atoms with van der Waals surface area (Å²) in [5, 5.41) is 0. The van der Waals surface area contributed by atoms with Crippen LogP contribution in [0.15, 0.2) is 0 Å². The van der Waals surface area contributed by atoms with Crippen molar-refractivity contribution in [1.82, 2.24) is 0 Å². The average Bonchev–Trinajstić information content (AvgIpc) is 2.56. The van der Waals surface area contributed by atoms with Gasteiger partial charge in [-0.05, 0) is 13.3 Å². The Balaban J connectivity index is 6.18. The summed E-state index contributed by atoms with van der Waals surface area (Å²) in [6.45, 7) is -2.10. The molecule has 0 aromatic heterocycles. The number of carbonyl (C=O) groups is 1. The highest BCUT2D eigenvalue weighted by Gasteiger charge is 2.90. The van der Waals surface area contributed by atoms with E-state index in [1.807, 2.05) is 0 Å². The molecule has 32 heavy (non-hydrogen) atoms. The monoisotopic (exact) mass is 516 g/mol. The van der Waals surface area contributed by atoms with Crippen molar-refractivity contribution in [2.45, 2.75) is 74.1 Å². The van der Waals surface area contributed by atoms with Crippen LogP contribution in [0.5, 0.6) is 0 Å². The topological polar surface area (TPSA) is 26.3 Å². The van der Waals surface area contributed by atoms with Gasteiger partial charge in [0.15, 0.2) is 6.61 Å². The van der Waals surface area contributed by atoms with Crippen LogP contribution in [0.25, 0.3) is 0 Å². The van der Waals surface area contributed by atoms with E-state index in [4.69, 9.17) is 0 Å². The maximum Gasteiger partial charge on any atom is 0.395 e. The normalized spacial score (nSPS) is 17.2. The van der Waals surface area contributed by atoms with Crippen molar-refractivity contribution in [3.05, 3.63) is 0 Å². The van der Waals surface area contributed by atoms with Crippen molar-refractivity contribution in [3.8, 4) is 0 Å². The molecular formula is C14H12F16O2. The molecule has 2 nitrogen and oxygen atoms in total.